The number of phenols is 1. The molecule has 0 saturated heterocycles. The van der Waals surface area contributed by atoms with E-state index in [1.165, 1.54) is 6.07 Å². The van der Waals surface area contributed by atoms with Gasteiger partial charge in [0.1, 0.15) is 11.6 Å². The summed E-state index contributed by atoms with van der Waals surface area (Å²) < 4.78 is 13.7. The highest BCUT2D eigenvalue weighted by atomic mass is 19.1. The van der Waals surface area contributed by atoms with Crippen molar-refractivity contribution in [1.82, 2.24) is 10.3 Å². The van der Waals surface area contributed by atoms with E-state index in [-0.39, 0.29) is 17.8 Å². The molecule has 0 amide bonds. The molecule has 1 aromatic heterocycles. The minimum Gasteiger partial charge on any atom is -0.508 e. The number of aromatic nitrogens is 1. The number of halogens is 1. The lowest BCUT2D eigenvalue weighted by Crippen LogP contribution is -2.23. The van der Waals surface area contributed by atoms with Gasteiger partial charge in [0.05, 0.1) is 0 Å². The van der Waals surface area contributed by atoms with Crippen LogP contribution >= 0.6 is 0 Å². The van der Waals surface area contributed by atoms with Crippen molar-refractivity contribution in [2.45, 2.75) is 25.9 Å². The molecule has 0 aliphatic rings. The van der Waals surface area contributed by atoms with Crippen LogP contribution in [-0.4, -0.2) is 10.1 Å². The van der Waals surface area contributed by atoms with Crippen LogP contribution in [0.5, 0.6) is 5.75 Å². The molecule has 19 heavy (non-hydrogen) atoms. The summed E-state index contributed by atoms with van der Waals surface area (Å²) in [4.78, 5) is 4.07. The van der Waals surface area contributed by atoms with Gasteiger partial charge < -0.3 is 10.4 Å². The molecule has 0 aliphatic heterocycles. The first-order chi connectivity index (χ1) is 9.08. The summed E-state index contributed by atoms with van der Waals surface area (Å²) in [6.07, 6.45) is 3.51. The lowest BCUT2D eigenvalue weighted by Gasteiger charge is -2.21. The summed E-state index contributed by atoms with van der Waals surface area (Å²) >= 11 is 0. The predicted molar refractivity (Wildman–Crippen MR) is 72.3 cm³/mol. The quantitative estimate of drug-likeness (QED) is 0.886. The van der Waals surface area contributed by atoms with Gasteiger partial charge in [-0.1, -0.05) is 12.1 Å². The maximum Gasteiger partial charge on any atom is 0.131 e. The third-order valence-corrected chi connectivity index (χ3v) is 3.13. The van der Waals surface area contributed by atoms with Crippen LogP contribution in [0.2, 0.25) is 0 Å². The van der Waals surface area contributed by atoms with Crippen LogP contribution in [0.1, 0.15) is 37.1 Å². The van der Waals surface area contributed by atoms with Gasteiger partial charge in [-0.3, -0.25) is 4.98 Å². The monoisotopic (exact) mass is 260 g/mol. The number of hydrogen-bond acceptors (Lipinski definition) is 3. The molecule has 1 heterocycles. The Labute approximate surface area is 112 Å². The first-order valence-corrected chi connectivity index (χ1v) is 6.22. The van der Waals surface area contributed by atoms with E-state index in [2.05, 4.69) is 10.3 Å². The number of rotatable bonds is 4. The fourth-order valence-corrected chi connectivity index (χ4v) is 2.06. The van der Waals surface area contributed by atoms with Gasteiger partial charge in [-0.15, -0.1) is 0 Å². The van der Waals surface area contributed by atoms with Crippen molar-refractivity contribution in [3.05, 3.63) is 59.7 Å². The third kappa shape index (κ3) is 3.29. The fourth-order valence-electron chi connectivity index (χ4n) is 2.06. The lowest BCUT2D eigenvalue weighted by molar-refractivity contribution is 0.454. The van der Waals surface area contributed by atoms with Gasteiger partial charge in [-0.25, -0.2) is 4.39 Å². The molecule has 3 nitrogen and oxygen atoms in total. The van der Waals surface area contributed by atoms with Crippen LogP contribution in [0, 0.1) is 5.82 Å². The summed E-state index contributed by atoms with van der Waals surface area (Å²) in [5.74, 6) is -0.466. The summed E-state index contributed by atoms with van der Waals surface area (Å²) in [5, 5.41) is 12.5. The van der Waals surface area contributed by atoms with Crippen LogP contribution in [0.15, 0.2) is 42.7 Å². The first-order valence-electron chi connectivity index (χ1n) is 6.22. The SMILES string of the molecule is CC(NC(C)c1ccc(O)cc1F)c1cccnc1. The van der Waals surface area contributed by atoms with Crippen molar-refractivity contribution >= 4 is 0 Å². The molecule has 2 unspecified atom stereocenters. The minimum absolute atomic E-state index is 0.0613. The van der Waals surface area contributed by atoms with E-state index < -0.39 is 5.82 Å². The molecular weight excluding hydrogens is 243 g/mol. The Balaban J connectivity index is 2.10. The number of benzene rings is 1. The standard InChI is InChI=1S/C15H17FN2O/c1-10(12-4-3-7-17-9-12)18-11(2)14-6-5-13(19)8-15(14)16/h3-11,18-19H,1-2H3. The summed E-state index contributed by atoms with van der Waals surface area (Å²) in [6, 6.07) is 7.98. The molecule has 0 fully saturated rings. The van der Waals surface area contributed by atoms with Crippen LogP contribution < -0.4 is 5.32 Å². The maximum absolute atomic E-state index is 13.7. The van der Waals surface area contributed by atoms with Crippen LogP contribution in [0.25, 0.3) is 0 Å². The topological polar surface area (TPSA) is 45.1 Å². The van der Waals surface area contributed by atoms with Crippen LogP contribution in [0.4, 0.5) is 4.39 Å². The summed E-state index contributed by atoms with van der Waals surface area (Å²) in [7, 11) is 0. The maximum atomic E-state index is 13.7. The number of aromatic hydroxyl groups is 1. The second-order valence-electron chi connectivity index (χ2n) is 4.60. The number of nitrogens with zero attached hydrogens (tertiary/aromatic N) is 1. The predicted octanol–water partition coefficient (Wildman–Crippen LogP) is 3.34. The Morgan fingerprint density at radius 1 is 1.21 bits per heavy atom. The molecule has 2 aromatic rings. The number of nitrogens with one attached hydrogen (secondary N) is 1. The molecule has 2 rings (SSSR count). The largest absolute Gasteiger partial charge is 0.508 e. The van der Waals surface area contributed by atoms with E-state index in [1.54, 1.807) is 18.5 Å². The number of hydrogen-bond donors (Lipinski definition) is 2. The molecular formula is C15H17FN2O. The Hall–Kier alpha value is -1.94. The molecule has 4 heteroatoms. The van der Waals surface area contributed by atoms with E-state index in [0.717, 1.165) is 11.6 Å². The Morgan fingerprint density at radius 3 is 2.63 bits per heavy atom. The van der Waals surface area contributed by atoms with Crippen LogP contribution in [-0.2, 0) is 0 Å². The molecule has 100 valence electrons. The van der Waals surface area contributed by atoms with E-state index in [4.69, 9.17) is 0 Å². The van der Waals surface area contributed by atoms with Gasteiger partial charge in [-0.05, 0) is 31.5 Å². The second kappa shape index (κ2) is 5.80. The zero-order valence-corrected chi connectivity index (χ0v) is 11.0. The Bertz CT molecular complexity index is 545. The second-order valence-corrected chi connectivity index (χ2v) is 4.60. The molecule has 2 N–H and O–H groups in total. The fraction of sp³-hybridized carbons (Fsp3) is 0.267. The molecule has 0 bridgehead atoms. The van der Waals surface area contributed by atoms with Crippen LogP contribution in [0.3, 0.4) is 0 Å². The van der Waals surface area contributed by atoms with Gasteiger partial charge in [0.25, 0.3) is 0 Å². The average Bonchev–Trinajstić information content (AvgIpc) is 2.39. The third-order valence-electron chi connectivity index (χ3n) is 3.13. The van der Waals surface area contributed by atoms with Crippen molar-refractivity contribution in [3.63, 3.8) is 0 Å². The number of pyridine rings is 1. The van der Waals surface area contributed by atoms with Gasteiger partial charge >= 0.3 is 0 Å². The van der Waals surface area contributed by atoms with Crippen molar-refractivity contribution in [3.8, 4) is 5.75 Å². The first kappa shape index (κ1) is 13.5. The highest BCUT2D eigenvalue weighted by molar-refractivity contribution is 5.29. The Kier molecular flexibility index (Phi) is 4.12. The molecule has 2 atom stereocenters. The smallest absolute Gasteiger partial charge is 0.131 e. The molecule has 0 radical (unpaired) electrons. The molecule has 0 aliphatic carbocycles. The van der Waals surface area contributed by atoms with Gasteiger partial charge in [0, 0.05) is 36.1 Å². The zero-order chi connectivity index (χ0) is 13.8. The van der Waals surface area contributed by atoms with Gasteiger partial charge in [-0.2, -0.15) is 0 Å². The van der Waals surface area contributed by atoms with Gasteiger partial charge in [0.15, 0.2) is 0 Å². The average molecular weight is 260 g/mol. The van der Waals surface area contributed by atoms with E-state index in [0.29, 0.717) is 5.56 Å². The number of phenolic OH excluding ortho intramolecular Hbond substituents is 1. The summed E-state index contributed by atoms with van der Waals surface area (Å²) in [5.41, 5.74) is 1.59. The Morgan fingerprint density at radius 2 is 2.00 bits per heavy atom. The summed E-state index contributed by atoms with van der Waals surface area (Å²) in [6.45, 7) is 3.90. The highest BCUT2D eigenvalue weighted by Crippen LogP contribution is 2.23. The highest BCUT2D eigenvalue weighted by Gasteiger charge is 2.14. The lowest BCUT2D eigenvalue weighted by atomic mass is 10.0. The molecule has 1 aromatic carbocycles. The molecule has 0 spiro atoms. The normalized spacial score (nSPS) is 14.1. The minimum atomic E-state index is -0.404. The zero-order valence-electron chi connectivity index (χ0n) is 11.0. The van der Waals surface area contributed by atoms with Crippen molar-refractivity contribution in [1.29, 1.82) is 0 Å². The van der Waals surface area contributed by atoms with E-state index in [1.807, 2.05) is 26.0 Å². The van der Waals surface area contributed by atoms with Crippen molar-refractivity contribution in [2.24, 2.45) is 0 Å². The van der Waals surface area contributed by atoms with Gasteiger partial charge in [0.2, 0.25) is 0 Å². The van der Waals surface area contributed by atoms with E-state index in [9.17, 15) is 9.50 Å². The molecule has 0 saturated carbocycles. The van der Waals surface area contributed by atoms with E-state index >= 15 is 0 Å². The van der Waals surface area contributed by atoms with Crippen molar-refractivity contribution < 1.29 is 9.50 Å². The van der Waals surface area contributed by atoms with Crippen molar-refractivity contribution in [2.75, 3.05) is 0 Å².